The molecule has 1 saturated heterocycles. The summed E-state index contributed by atoms with van der Waals surface area (Å²) in [6.45, 7) is 3.58. The van der Waals surface area contributed by atoms with Crippen molar-refractivity contribution in [1.82, 2.24) is 14.9 Å². The molecule has 4 nitrogen and oxygen atoms in total. The first-order valence-corrected chi connectivity index (χ1v) is 11.6. The van der Waals surface area contributed by atoms with Gasteiger partial charge in [0.1, 0.15) is 0 Å². The molecule has 1 N–H and O–H groups in total. The van der Waals surface area contributed by atoms with Gasteiger partial charge in [0, 0.05) is 23.8 Å². The number of nitrogens with zero attached hydrogens (tertiary/aromatic N) is 2. The zero-order valence-corrected chi connectivity index (χ0v) is 16.5. The highest BCUT2D eigenvalue weighted by molar-refractivity contribution is 7.99. The summed E-state index contributed by atoms with van der Waals surface area (Å²) < 4.78 is 0. The molecule has 26 heavy (non-hydrogen) atoms. The molecule has 6 rings (SSSR count). The van der Waals surface area contributed by atoms with Crippen molar-refractivity contribution in [2.75, 3.05) is 25.4 Å². The van der Waals surface area contributed by atoms with Crippen LogP contribution in [-0.2, 0) is 5.41 Å². The van der Waals surface area contributed by atoms with Crippen LogP contribution < -0.4 is 5.56 Å². The van der Waals surface area contributed by atoms with Gasteiger partial charge in [0.2, 0.25) is 0 Å². The van der Waals surface area contributed by atoms with Crippen LogP contribution in [0.3, 0.4) is 0 Å². The molecule has 1 aromatic heterocycles. The minimum absolute atomic E-state index is 0.0474. The van der Waals surface area contributed by atoms with Gasteiger partial charge in [-0.1, -0.05) is 18.2 Å². The molecule has 5 aliphatic rings. The van der Waals surface area contributed by atoms with E-state index in [1.807, 2.05) is 6.07 Å². The van der Waals surface area contributed by atoms with Crippen LogP contribution in [0.1, 0.15) is 63.5 Å². The quantitative estimate of drug-likeness (QED) is 0.630. The predicted molar refractivity (Wildman–Crippen MR) is 106 cm³/mol. The van der Waals surface area contributed by atoms with E-state index in [4.69, 9.17) is 4.98 Å². The molecule has 0 amide bonds. The van der Waals surface area contributed by atoms with E-state index in [2.05, 4.69) is 9.88 Å². The number of hydrogen-bond donors (Lipinski definition) is 1. The van der Waals surface area contributed by atoms with Gasteiger partial charge in [-0.05, 0) is 82.2 Å². The first-order valence-electron chi connectivity index (χ1n) is 10.7. The summed E-state index contributed by atoms with van der Waals surface area (Å²) >= 11 is 1.74. The summed E-state index contributed by atoms with van der Waals surface area (Å²) in [5.74, 6) is 3.68. The van der Waals surface area contributed by atoms with Crippen LogP contribution in [0.5, 0.6) is 0 Å². The molecule has 142 valence electrons. The Bertz CT molecular complexity index is 674. The van der Waals surface area contributed by atoms with Gasteiger partial charge in [-0.25, -0.2) is 4.98 Å². The van der Waals surface area contributed by atoms with Crippen molar-refractivity contribution in [3.63, 3.8) is 0 Å². The van der Waals surface area contributed by atoms with E-state index < -0.39 is 0 Å². The van der Waals surface area contributed by atoms with Gasteiger partial charge >= 0.3 is 0 Å². The first-order chi connectivity index (χ1) is 12.7. The fraction of sp³-hybridized carbons (Fsp3) is 0.810. The Kier molecular flexibility index (Phi) is 4.64. The molecule has 1 aromatic rings. The van der Waals surface area contributed by atoms with Crippen LogP contribution in [-0.4, -0.2) is 40.3 Å². The van der Waals surface area contributed by atoms with Crippen LogP contribution in [0.25, 0.3) is 0 Å². The van der Waals surface area contributed by atoms with E-state index in [-0.39, 0.29) is 11.0 Å². The van der Waals surface area contributed by atoms with Gasteiger partial charge < -0.3 is 9.88 Å². The molecule has 1 aliphatic heterocycles. The van der Waals surface area contributed by atoms with E-state index in [9.17, 15) is 4.79 Å². The highest BCUT2D eigenvalue weighted by atomic mass is 32.2. The third kappa shape index (κ3) is 3.37. The molecule has 0 unspecified atom stereocenters. The standard InChI is InChI=1S/C21H31N3OS/c25-19-11-18(21-12-15-8-16(13-21)10-17(9-15)14-21)22-20(23-19)26-7-6-24-4-2-1-3-5-24/h11,15-17H,1-10,12-14H2,(H,22,23,25). The minimum Gasteiger partial charge on any atom is -0.303 e. The second kappa shape index (κ2) is 6.97. The molecule has 4 aliphatic carbocycles. The fourth-order valence-electron chi connectivity index (χ4n) is 6.65. The zero-order chi connectivity index (χ0) is 17.6. The number of H-pyrrole nitrogens is 1. The molecule has 2 heterocycles. The Balaban J connectivity index is 1.30. The maximum Gasteiger partial charge on any atom is 0.251 e. The molecule has 0 spiro atoms. The highest BCUT2D eigenvalue weighted by Crippen LogP contribution is 2.60. The summed E-state index contributed by atoms with van der Waals surface area (Å²) in [5.41, 5.74) is 1.37. The van der Waals surface area contributed by atoms with Gasteiger partial charge in [0.05, 0.1) is 5.69 Å². The van der Waals surface area contributed by atoms with Crippen LogP contribution in [0.4, 0.5) is 0 Å². The molecule has 0 atom stereocenters. The van der Waals surface area contributed by atoms with Crippen LogP contribution >= 0.6 is 11.8 Å². The van der Waals surface area contributed by atoms with Crippen molar-refractivity contribution in [3.8, 4) is 0 Å². The third-order valence-electron chi connectivity index (χ3n) is 7.40. The fourth-order valence-corrected chi connectivity index (χ4v) is 7.53. The summed E-state index contributed by atoms with van der Waals surface area (Å²) in [6, 6.07) is 1.82. The maximum absolute atomic E-state index is 12.3. The van der Waals surface area contributed by atoms with Gasteiger partial charge in [0.25, 0.3) is 5.56 Å². The largest absolute Gasteiger partial charge is 0.303 e. The van der Waals surface area contributed by atoms with Crippen molar-refractivity contribution < 1.29 is 0 Å². The number of likely N-dealkylation sites (tertiary alicyclic amines) is 1. The number of aromatic amines is 1. The van der Waals surface area contributed by atoms with Crippen molar-refractivity contribution in [1.29, 1.82) is 0 Å². The lowest BCUT2D eigenvalue weighted by molar-refractivity contribution is -0.00760. The number of thioether (sulfide) groups is 1. The zero-order valence-electron chi connectivity index (χ0n) is 15.7. The van der Waals surface area contributed by atoms with Gasteiger partial charge in [-0.15, -0.1) is 0 Å². The molecular formula is C21H31N3OS. The number of hydrogen-bond acceptors (Lipinski definition) is 4. The monoisotopic (exact) mass is 373 g/mol. The van der Waals surface area contributed by atoms with E-state index in [1.165, 1.54) is 70.9 Å². The molecule has 5 heteroatoms. The topological polar surface area (TPSA) is 49.0 Å². The van der Waals surface area contributed by atoms with E-state index in [0.29, 0.717) is 0 Å². The van der Waals surface area contributed by atoms with Crippen LogP contribution in [0.2, 0.25) is 0 Å². The number of aromatic nitrogens is 2. The lowest BCUT2D eigenvalue weighted by Gasteiger charge is -2.56. The smallest absolute Gasteiger partial charge is 0.251 e. The van der Waals surface area contributed by atoms with E-state index in [0.717, 1.165) is 40.9 Å². The molecular weight excluding hydrogens is 342 g/mol. The van der Waals surface area contributed by atoms with Crippen LogP contribution in [0.15, 0.2) is 16.0 Å². The molecule has 4 bridgehead atoms. The van der Waals surface area contributed by atoms with E-state index in [1.54, 1.807) is 11.8 Å². The highest BCUT2D eigenvalue weighted by Gasteiger charge is 2.52. The lowest BCUT2D eigenvalue weighted by atomic mass is 9.49. The van der Waals surface area contributed by atoms with Crippen LogP contribution in [0, 0.1) is 17.8 Å². The number of piperidine rings is 1. The molecule has 4 saturated carbocycles. The van der Waals surface area contributed by atoms with Crippen molar-refractivity contribution in [2.24, 2.45) is 17.8 Å². The summed E-state index contributed by atoms with van der Waals surface area (Å²) in [4.78, 5) is 22.9. The summed E-state index contributed by atoms with van der Waals surface area (Å²) in [6.07, 6.45) is 12.2. The first kappa shape index (κ1) is 17.3. The third-order valence-corrected chi connectivity index (χ3v) is 8.25. The number of rotatable bonds is 5. The Morgan fingerprint density at radius 2 is 1.73 bits per heavy atom. The van der Waals surface area contributed by atoms with Crippen molar-refractivity contribution >= 4 is 11.8 Å². The SMILES string of the molecule is O=c1cc(C23CC4CC(CC(C4)C2)C3)nc(SCCN2CCCCC2)[nH]1. The summed E-state index contributed by atoms with van der Waals surface area (Å²) in [7, 11) is 0. The molecule has 5 fully saturated rings. The Morgan fingerprint density at radius 1 is 1.08 bits per heavy atom. The Hall–Kier alpha value is -0.810. The molecule has 0 radical (unpaired) electrons. The normalized spacial score (nSPS) is 36.5. The number of nitrogens with one attached hydrogen (secondary N) is 1. The lowest BCUT2D eigenvalue weighted by Crippen LogP contribution is -2.49. The second-order valence-corrected chi connectivity index (χ2v) is 10.5. The van der Waals surface area contributed by atoms with Gasteiger partial charge in [0.15, 0.2) is 5.16 Å². The Morgan fingerprint density at radius 3 is 2.38 bits per heavy atom. The second-order valence-electron chi connectivity index (χ2n) is 9.38. The average molecular weight is 374 g/mol. The Labute approximate surface area is 160 Å². The maximum atomic E-state index is 12.3. The van der Waals surface area contributed by atoms with Crippen molar-refractivity contribution in [3.05, 3.63) is 22.1 Å². The predicted octanol–water partition coefficient (Wildman–Crippen LogP) is 3.82. The van der Waals surface area contributed by atoms with Gasteiger partial charge in [-0.2, -0.15) is 0 Å². The molecule has 0 aromatic carbocycles. The minimum atomic E-state index is 0.0474. The summed E-state index contributed by atoms with van der Waals surface area (Å²) in [5, 5.41) is 0.847. The van der Waals surface area contributed by atoms with Gasteiger partial charge in [-0.3, -0.25) is 4.79 Å². The van der Waals surface area contributed by atoms with Crippen molar-refractivity contribution in [2.45, 2.75) is 68.4 Å². The van der Waals surface area contributed by atoms with E-state index >= 15 is 0 Å². The average Bonchev–Trinajstić information content (AvgIpc) is 2.61.